The number of carbonyl (C=O) groups is 1. The van der Waals surface area contributed by atoms with Crippen molar-refractivity contribution >= 4 is 11.7 Å². The van der Waals surface area contributed by atoms with E-state index in [1.165, 1.54) is 0 Å². The van der Waals surface area contributed by atoms with Crippen molar-refractivity contribution in [1.82, 2.24) is 0 Å². The predicted octanol–water partition coefficient (Wildman–Crippen LogP) is 2.23. The fourth-order valence-electron chi connectivity index (χ4n) is 1.53. The third-order valence-corrected chi connectivity index (χ3v) is 2.46. The lowest BCUT2D eigenvalue weighted by atomic mass is 10.2. The number of unbranched alkanes of at least 4 members (excludes halogenated alkanes) is 1. The molecule has 5 nitrogen and oxygen atoms in total. The van der Waals surface area contributed by atoms with Crippen molar-refractivity contribution in [3.8, 4) is 11.8 Å². The van der Waals surface area contributed by atoms with E-state index in [4.69, 9.17) is 15.1 Å². The molecule has 0 spiro atoms. The number of ether oxygens (including phenoxy) is 1. The number of rotatable bonds is 7. The second-order valence-electron chi connectivity index (χ2n) is 3.80. The fourth-order valence-corrected chi connectivity index (χ4v) is 1.53. The summed E-state index contributed by atoms with van der Waals surface area (Å²) in [6.07, 6.45) is 1.60. The van der Waals surface area contributed by atoms with Crippen LogP contribution in [0.15, 0.2) is 18.2 Å². The minimum Gasteiger partial charge on any atom is -0.495 e. The standard InChI is InChI=1S/C13H16N2O3/c1-18-12-8-10(9-14)5-6-11(12)15-7-3-2-4-13(16)17/h5-6,8,15H,2-4,7H2,1H3,(H,16,17). The van der Waals surface area contributed by atoms with Crippen molar-refractivity contribution in [2.45, 2.75) is 19.3 Å². The van der Waals surface area contributed by atoms with Crippen molar-refractivity contribution in [3.63, 3.8) is 0 Å². The molecule has 0 aromatic heterocycles. The number of nitriles is 1. The molecule has 0 saturated carbocycles. The number of hydrogen-bond acceptors (Lipinski definition) is 4. The molecule has 0 amide bonds. The Balaban J connectivity index is 2.47. The maximum Gasteiger partial charge on any atom is 0.303 e. The SMILES string of the molecule is COc1cc(C#N)ccc1NCCCCC(=O)O. The van der Waals surface area contributed by atoms with Crippen molar-refractivity contribution in [2.24, 2.45) is 0 Å². The molecule has 0 aliphatic rings. The molecule has 0 saturated heterocycles. The third kappa shape index (κ3) is 4.34. The number of carboxylic acids is 1. The minimum atomic E-state index is -0.772. The Kier molecular flexibility index (Phi) is 5.52. The van der Waals surface area contributed by atoms with E-state index in [2.05, 4.69) is 5.32 Å². The summed E-state index contributed by atoms with van der Waals surface area (Å²) in [6.45, 7) is 0.676. The van der Waals surface area contributed by atoms with Crippen LogP contribution in [0.4, 0.5) is 5.69 Å². The lowest BCUT2D eigenvalue weighted by Crippen LogP contribution is -2.04. The molecule has 5 heteroatoms. The Morgan fingerprint density at radius 1 is 1.50 bits per heavy atom. The molecule has 1 aromatic rings. The van der Waals surface area contributed by atoms with E-state index in [1.54, 1.807) is 25.3 Å². The average Bonchev–Trinajstić information content (AvgIpc) is 2.38. The van der Waals surface area contributed by atoms with Crippen molar-refractivity contribution in [2.75, 3.05) is 19.0 Å². The van der Waals surface area contributed by atoms with Gasteiger partial charge in [-0.25, -0.2) is 0 Å². The lowest BCUT2D eigenvalue weighted by Gasteiger charge is -2.10. The Hall–Kier alpha value is -2.22. The van der Waals surface area contributed by atoms with Gasteiger partial charge in [-0.15, -0.1) is 0 Å². The van der Waals surface area contributed by atoms with Gasteiger partial charge in [0.25, 0.3) is 0 Å². The average molecular weight is 248 g/mol. The van der Waals surface area contributed by atoms with Crippen LogP contribution in [0, 0.1) is 11.3 Å². The highest BCUT2D eigenvalue weighted by Crippen LogP contribution is 2.25. The topological polar surface area (TPSA) is 82.3 Å². The first-order valence-corrected chi connectivity index (χ1v) is 5.71. The normalized spacial score (nSPS) is 9.56. The Labute approximate surface area is 106 Å². The van der Waals surface area contributed by atoms with Gasteiger partial charge in [-0.3, -0.25) is 4.79 Å². The quantitative estimate of drug-likeness (QED) is 0.723. The van der Waals surface area contributed by atoms with E-state index in [-0.39, 0.29) is 6.42 Å². The number of anilines is 1. The summed E-state index contributed by atoms with van der Waals surface area (Å²) in [5.41, 5.74) is 1.36. The summed E-state index contributed by atoms with van der Waals surface area (Å²) in [5, 5.41) is 20.4. The summed E-state index contributed by atoms with van der Waals surface area (Å²) in [7, 11) is 1.55. The van der Waals surface area contributed by atoms with Gasteiger partial charge in [0.05, 0.1) is 24.4 Å². The number of carboxylic acid groups (broad SMARTS) is 1. The third-order valence-electron chi connectivity index (χ3n) is 2.46. The Morgan fingerprint density at radius 2 is 2.28 bits per heavy atom. The highest BCUT2D eigenvalue weighted by Gasteiger charge is 2.04. The number of nitrogens with zero attached hydrogens (tertiary/aromatic N) is 1. The van der Waals surface area contributed by atoms with Crippen LogP contribution in [0.1, 0.15) is 24.8 Å². The second-order valence-corrected chi connectivity index (χ2v) is 3.80. The zero-order valence-electron chi connectivity index (χ0n) is 10.3. The van der Waals surface area contributed by atoms with E-state index < -0.39 is 5.97 Å². The van der Waals surface area contributed by atoms with Crippen LogP contribution in [0.25, 0.3) is 0 Å². The Bertz CT molecular complexity index is 452. The number of methoxy groups -OCH3 is 1. The number of benzene rings is 1. The maximum absolute atomic E-state index is 10.3. The maximum atomic E-state index is 10.3. The van der Waals surface area contributed by atoms with Crippen molar-refractivity contribution < 1.29 is 14.6 Å². The summed E-state index contributed by atoms with van der Waals surface area (Å²) in [4.78, 5) is 10.3. The monoisotopic (exact) mass is 248 g/mol. The second kappa shape index (κ2) is 7.17. The van der Waals surface area contributed by atoms with Gasteiger partial charge in [0, 0.05) is 19.0 Å². The van der Waals surface area contributed by atoms with Crippen LogP contribution in [-0.4, -0.2) is 24.7 Å². The zero-order chi connectivity index (χ0) is 13.4. The van der Waals surface area contributed by atoms with Gasteiger partial charge in [-0.05, 0) is 25.0 Å². The van der Waals surface area contributed by atoms with Crippen LogP contribution in [0.3, 0.4) is 0 Å². The molecule has 1 rings (SSSR count). The van der Waals surface area contributed by atoms with Crippen LogP contribution >= 0.6 is 0 Å². The number of nitrogens with one attached hydrogen (secondary N) is 1. The molecule has 0 heterocycles. The highest BCUT2D eigenvalue weighted by atomic mass is 16.5. The molecular weight excluding hydrogens is 232 g/mol. The molecule has 1 aromatic carbocycles. The predicted molar refractivity (Wildman–Crippen MR) is 67.7 cm³/mol. The number of hydrogen-bond donors (Lipinski definition) is 2. The van der Waals surface area contributed by atoms with Gasteiger partial charge in [-0.1, -0.05) is 0 Å². The first kappa shape index (κ1) is 13.8. The summed E-state index contributed by atoms with van der Waals surface area (Å²) in [5.74, 6) is -0.154. The first-order chi connectivity index (χ1) is 8.67. The molecular formula is C13H16N2O3. The molecule has 18 heavy (non-hydrogen) atoms. The molecule has 0 aliphatic carbocycles. The van der Waals surface area contributed by atoms with Gasteiger partial charge in [0.1, 0.15) is 5.75 Å². The largest absolute Gasteiger partial charge is 0.495 e. The molecule has 0 radical (unpaired) electrons. The summed E-state index contributed by atoms with van der Waals surface area (Å²) < 4.78 is 5.18. The van der Waals surface area contributed by atoms with E-state index >= 15 is 0 Å². The van der Waals surface area contributed by atoms with Crippen molar-refractivity contribution in [3.05, 3.63) is 23.8 Å². The highest BCUT2D eigenvalue weighted by molar-refractivity contribution is 5.66. The van der Waals surface area contributed by atoms with Crippen LogP contribution < -0.4 is 10.1 Å². The van der Waals surface area contributed by atoms with Crippen molar-refractivity contribution in [1.29, 1.82) is 5.26 Å². The molecule has 0 aliphatic heterocycles. The van der Waals surface area contributed by atoms with Gasteiger partial charge in [-0.2, -0.15) is 5.26 Å². The summed E-state index contributed by atoms with van der Waals surface area (Å²) >= 11 is 0. The Morgan fingerprint density at radius 3 is 2.89 bits per heavy atom. The summed E-state index contributed by atoms with van der Waals surface area (Å²) in [6, 6.07) is 7.21. The molecule has 0 atom stereocenters. The minimum absolute atomic E-state index is 0.187. The molecule has 0 fully saturated rings. The van der Waals surface area contributed by atoms with E-state index in [0.717, 1.165) is 12.1 Å². The first-order valence-electron chi connectivity index (χ1n) is 5.71. The van der Waals surface area contributed by atoms with Gasteiger partial charge in [0.15, 0.2) is 0 Å². The van der Waals surface area contributed by atoms with Gasteiger partial charge < -0.3 is 15.2 Å². The van der Waals surface area contributed by atoms with E-state index in [1.807, 2.05) is 6.07 Å². The molecule has 0 bridgehead atoms. The van der Waals surface area contributed by atoms with E-state index in [0.29, 0.717) is 24.3 Å². The van der Waals surface area contributed by atoms with Crippen LogP contribution in [0.5, 0.6) is 5.75 Å². The lowest BCUT2D eigenvalue weighted by molar-refractivity contribution is -0.137. The smallest absolute Gasteiger partial charge is 0.303 e. The van der Waals surface area contributed by atoms with Crippen LogP contribution in [0.2, 0.25) is 0 Å². The number of aliphatic carboxylic acids is 1. The van der Waals surface area contributed by atoms with E-state index in [9.17, 15) is 4.79 Å². The zero-order valence-corrected chi connectivity index (χ0v) is 10.3. The fraction of sp³-hybridized carbons (Fsp3) is 0.385. The van der Waals surface area contributed by atoms with Crippen LogP contribution in [-0.2, 0) is 4.79 Å². The molecule has 0 unspecified atom stereocenters. The molecule has 96 valence electrons. The molecule has 2 N–H and O–H groups in total. The van der Waals surface area contributed by atoms with Gasteiger partial charge >= 0.3 is 5.97 Å². The van der Waals surface area contributed by atoms with Gasteiger partial charge in [0.2, 0.25) is 0 Å².